The van der Waals surface area contributed by atoms with E-state index in [2.05, 4.69) is 40.7 Å². The van der Waals surface area contributed by atoms with Crippen LogP contribution in [0.5, 0.6) is 0 Å². The van der Waals surface area contributed by atoms with Gasteiger partial charge in [-0.2, -0.15) is 0 Å². The van der Waals surface area contributed by atoms with Crippen LogP contribution in [0.3, 0.4) is 0 Å². The molecular weight excluding hydrogens is 240 g/mol. The van der Waals surface area contributed by atoms with Gasteiger partial charge in [-0.05, 0) is 37.5 Å². The highest BCUT2D eigenvalue weighted by Crippen LogP contribution is 2.39. The Morgan fingerprint density at radius 1 is 1.17 bits per heavy atom. The van der Waals surface area contributed by atoms with Crippen molar-refractivity contribution in [3.05, 3.63) is 41.3 Å². The van der Waals surface area contributed by atoms with E-state index in [9.17, 15) is 0 Å². The molecule has 1 aliphatic rings. The minimum Gasteiger partial charge on any atom is -0.337 e. The predicted octanol–water partition coefficient (Wildman–Crippen LogP) is 4.50. The zero-order valence-electron chi connectivity index (χ0n) is 10.6. The number of aromatic nitrogens is 2. The monoisotopic (exact) mass is 258 g/mol. The molecule has 0 atom stereocenters. The van der Waals surface area contributed by atoms with Crippen molar-refractivity contribution in [2.24, 2.45) is 0 Å². The number of nitrogens with one attached hydrogen (secondary N) is 1. The van der Waals surface area contributed by atoms with Gasteiger partial charge in [0, 0.05) is 11.7 Å². The van der Waals surface area contributed by atoms with Crippen molar-refractivity contribution in [2.45, 2.75) is 38.1 Å². The molecule has 0 radical (unpaired) electrons. The van der Waals surface area contributed by atoms with E-state index in [-0.39, 0.29) is 5.54 Å². The molecule has 0 saturated heterocycles. The first-order valence-electron chi connectivity index (χ1n) is 6.57. The van der Waals surface area contributed by atoms with Crippen molar-refractivity contribution in [3.63, 3.8) is 0 Å². The Bertz CT molecular complexity index is 588. The maximum Gasteiger partial charge on any atom is 0.178 e. The fraction of sp³-hybridized carbons (Fsp3) is 0.400. The maximum atomic E-state index is 5.49. The molecule has 2 aromatic rings. The van der Waals surface area contributed by atoms with Crippen LogP contribution >= 0.6 is 12.2 Å². The highest BCUT2D eigenvalue weighted by atomic mass is 32.1. The maximum absolute atomic E-state index is 5.49. The summed E-state index contributed by atoms with van der Waals surface area (Å²) in [5.41, 5.74) is 2.63. The highest BCUT2D eigenvalue weighted by molar-refractivity contribution is 7.71. The van der Waals surface area contributed by atoms with Gasteiger partial charge in [-0.3, -0.25) is 0 Å². The average Bonchev–Trinajstić information content (AvgIpc) is 2.98. The fourth-order valence-electron chi connectivity index (χ4n) is 3.09. The van der Waals surface area contributed by atoms with E-state index in [4.69, 9.17) is 12.2 Å². The number of nitrogens with zero attached hydrogens (tertiary/aromatic N) is 1. The van der Waals surface area contributed by atoms with Gasteiger partial charge in [0.2, 0.25) is 0 Å². The first-order valence-corrected chi connectivity index (χ1v) is 6.98. The molecule has 1 aliphatic carbocycles. The molecule has 1 heterocycles. The topological polar surface area (TPSA) is 20.7 Å². The van der Waals surface area contributed by atoms with Crippen molar-refractivity contribution >= 4 is 12.2 Å². The van der Waals surface area contributed by atoms with Crippen LogP contribution in [0.1, 0.15) is 32.6 Å². The Balaban J connectivity index is 2.16. The third-order valence-electron chi connectivity index (χ3n) is 4.07. The molecule has 0 amide bonds. The summed E-state index contributed by atoms with van der Waals surface area (Å²) in [4.78, 5) is 3.22. The van der Waals surface area contributed by atoms with Crippen LogP contribution in [0.15, 0.2) is 36.5 Å². The Morgan fingerprint density at radius 3 is 2.50 bits per heavy atom. The predicted molar refractivity (Wildman–Crippen MR) is 77.2 cm³/mol. The van der Waals surface area contributed by atoms with Gasteiger partial charge in [-0.1, -0.05) is 43.2 Å². The quantitative estimate of drug-likeness (QED) is 0.786. The lowest BCUT2D eigenvalue weighted by Crippen LogP contribution is -2.27. The van der Waals surface area contributed by atoms with Crippen molar-refractivity contribution in [3.8, 4) is 11.3 Å². The van der Waals surface area contributed by atoms with Crippen molar-refractivity contribution in [1.29, 1.82) is 0 Å². The van der Waals surface area contributed by atoms with Crippen LogP contribution in [0.4, 0.5) is 0 Å². The van der Waals surface area contributed by atoms with Crippen LogP contribution in [0.2, 0.25) is 0 Å². The Hall–Kier alpha value is -1.35. The number of aromatic amines is 1. The lowest BCUT2D eigenvalue weighted by molar-refractivity contribution is 0.328. The molecule has 94 valence electrons. The zero-order chi connectivity index (χ0) is 12.6. The molecule has 0 bridgehead atoms. The number of benzene rings is 1. The number of H-pyrrole nitrogens is 1. The van der Waals surface area contributed by atoms with Gasteiger partial charge in [-0.25, -0.2) is 0 Å². The Labute approximate surface area is 113 Å². The third-order valence-corrected chi connectivity index (χ3v) is 4.37. The highest BCUT2D eigenvalue weighted by Gasteiger charge is 2.32. The first-order chi connectivity index (χ1) is 8.71. The van der Waals surface area contributed by atoms with Crippen LogP contribution < -0.4 is 0 Å². The Morgan fingerprint density at radius 2 is 1.83 bits per heavy atom. The molecule has 0 spiro atoms. The summed E-state index contributed by atoms with van der Waals surface area (Å²) in [5.74, 6) is 0. The second-order valence-corrected chi connectivity index (χ2v) is 5.77. The molecule has 0 unspecified atom stereocenters. The largest absolute Gasteiger partial charge is 0.337 e. The summed E-state index contributed by atoms with van der Waals surface area (Å²) in [7, 11) is 0. The summed E-state index contributed by atoms with van der Waals surface area (Å²) in [5, 5.41) is 0. The number of hydrogen-bond acceptors (Lipinski definition) is 1. The molecule has 1 saturated carbocycles. The van der Waals surface area contributed by atoms with E-state index in [1.807, 2.05) is 12.3 Å². The zero-order valence-corrected chi connectivity index (χ0v) is 11.5. The SMILES string of the molecule is CC1(n2c(-c3ccccc3)c[nH]c2=S)CCCC1. The molecule has 3 rings (SSSR count). The van der Waals surface area contributed by atoms with Gasteiger partial charge >= 0.3 is 0 Å². The first kappa shape index (κ1) is 11.7. The van der Waals surface area contributed by atoms with Crippen LogP contribution in [0.25, 0.3) is 11.3 Å². The second kappa shape index (κ2) is 4.39. The van der Waals surface area contributed by atoms with Gasteiger partial charge in [0.25, 0.3) is 0 Å². The number of rotatable bonds is 2. The van der Waals surface area contributed by atoms with Crippen molar-refractivity contribution in [1.82, 2.24) is 9.55 Å². The number of hydrogen-bond donors (Lipinski definition) is 1. The lowest BCUT2D eigenvalue weighted by Gasteiger charge is -2.28. The standard InChI is InChI=1S/C15H18N2S/c1-15(9-5-6-10-15)17-13(11-16-14(17)18)12-7-3-2-4-8-12/h2-4,7-8,11H,5-6,9-10H2,1H3,(H,16,18). The molecule has 3 heteroatoms. The minimum atomic E-state index is 0.183. The number of imidazole rings is 1. The van der Waals surface area contributed by atoms with E-state index in [1.165, 1.54) is 36.9 Å². The summed E-state index contributed by atoms with van der Waals surface area (Å²) < 4.78 is 3.17. The van der Waals surface area contributed by atoms with Gasteiger partial charge in [0.05, 0.1) is 5.69 Å². The summed E-state index contributed by atoms with van der Waals surface area (Å²) >= 11 is 5.49. The molecular formula is C15H18N2S. The van der Waals surface area contributed by atoms with E-state index in [0.717, 1.165) is 4.77 Å². The molecule has 2 nitrogen and oxygen atoms in total. The molecule has 1 N–H and O–H groups in total. The molecule has 0 aliphatic heterocycles. The molecule has 18 heavy (non-hydrogen) atoms. The molecule has 1 aromatic carbocycles. The molecule has 1 aromatic heterocycles. The van der Waals surface area contributed by atoms with Crippen LogP contribution in [-0.2, 0) is 5.54 Å². The second-order valence-electron chi connectivity index (χ2n) is 5.38. The van der Waals surface area contributed by atoms with Crippen molar-refractivity contribution < 1.29 is 0 Å². The summed E-state index contributed by atoms with van der Waals surface area (Å²) in [6.07, 6.45) is 7.09. The minimum absolute atomic E-state index is 0.183. The normalized spacial score (nSPS) is 18.1. The van der Waals surface area contributed by atoms with Gasteiger partial charge in [0.15, 0.2) is 4.77 Å². The van der Waals surface area contributed by atoms with Gasteiger partial charge in [-0.15, -0.1) is 0 Å². The lowest BCUT2D eigenvalue weighted by atomic mass is 9.99. The van der Waals surface area contributed by atoms with Gasteiger partial charge in [0.1, 0.15) is 0 Å². The van der Waals surface area contributed by atoms with E-state index in [1.54, 1.807) is 0 Å². The fourth-order valence-corrected chi connectivity index (χ4v) is 3.46. The molecule has 1 fully saturated rings. The summed E-state index contributed by atoms with van der Waals surface area (Å²) in [6, 6.07) is 10.5. The average molecular weight is 258 g/mol. The van der Waals surface area contributed by atoms with E-state index in [0.29, 0.717) is 0 Å². The van der Waals surface area contributed by atoms with E-state index < -0.39 is 0 Å². The Kier molecular flexibility index (Phi) is 2.86. The van der Waals surface area contributed by atoms with E-state index >= 15 is 0 Å². The van der Waals surface area contributed by atoms with Crippen molar-refractivity contribution in [2.75, 3.05) is 0 Å². The smallest absolute Gasteiger partial charge is 0.178 e. The third kappa shape index (κ3) is 1.83. The van der Waals surface area contributed by atoms with Gasteiger partial charge < -0.3 is 9.55 Å². The van der Waals surface area contributed by atoms with Crippen LogP contribution in [-0.4, -0.2) is 9.55 Å². The summed E-state index contributed by atoms with van der Waals surface area (Å²) in [6.45, 7) is 2.33. The van der Waals surface area contributed by atoms with Crippen LogP contribution in [0, 0.1) is 4.77 Å².